The number of nitrogens with one attached hydrogen (secondary N) is 1. The van der Waals surface area contributed by atoms with Gasteiger partial charge in [0.05, 0.1) is 10.5 Å². The van der Waals surface area contributed by atoms with E-state index in [1.54, 1.807) is 0 Å². The van der Waals surface area contributed by atoms with Gasteiger partial charge < -0.3 is 0 Å². The van der Waals surface area contributed by atoms with E-state index in [-0.39, 0.29) is 6.07 Å². The summed E-state index contributed by atoms with van der Waals surface area (Å²) < 4.78 is 105. The molecule has 136 valence electrons. The van der Waals surface area contributed by atoms with Crippen molar-refractivity contribution in [2.45, 2.75) is 18.0 Å². The first kappa shape index (κ1) is 19.4. The van der Waals surface area contributed by atoms with Gasteiger partial charge in [0.25, 0.3) is 10.0 Å². The maximum atomic E-state index is 13.9. The summed E-state index contributed by atoms with van der Waals surface area (Å²) in [6, 6.07) is 2.52. The van der Waals surface area contributed by atoms with Crippen molar-refractivity contribution in [3.05, 3.63) is 57.9 Å². The second kappa shape index (κ2) is 6.41. The van der Waals surface area contributed by atoms with Crippen LogP contribution in [0.15, 0.2) is 29.2 Å². The highest BCUT2D eigenvalue weighted by Gasteiger charge is 2.32. The van der Waals surface area contributed by atoms with Crippen molar-refractivity contribution in [2.75, 3.05) is 4.72 Å². The van der Waals surface area contributed by atoms with Gasteiger partial charge in [-0.2, -0.15) is 13.2 Å². The molecule has 0 fully saturated rings. The Morgan fingerprint density at radius 3 is 2.20 bits per heavy atom. The van der Waals surface area contributed by atoms with Gasteiger partial charge >= 0.3 is 6.18 Å². The minimum Gasteiger partial charge on any atom is -0.275 e. The van der Waals surface area contributed by atoms with Crippen molar-refractivity contribution in [1.29, 1.82) is 0 Å². The number of alkyl halides is 3. The van der Waals surface area contributed by atoms with Crippen molar-refractivity contribution in [2.24, 2.45) is 0 Å². The maximum absolute atomic E-state index is 13.9. The van der Waals surface area contributed by atoms with Crippen LogP contribution in [0.1, 0.15) is 11.1 Å². The molecular weight excluding hydrogens is 396 g/mol. The van der Waals surface area contributed by atoms with E-state index in [1.807, 2.05) is 0 Å². The molecule has 0 bridgehead atoms. The van der Waals surface area contributed by atoms with Crippen LogP contribution in [0, 0.1) is 24.4 Å². The van der Waals surface area contributed by atoms with Gasteiger partial charge in [0.15, 0.2) is 11.6 Å². The molecule has 0 aliphatic heterocycles. The number of hydrogen-bond acceptors (Lipinski definition) is 2. The molecule has 0 saturated carbocycles. The topological polar surface area (TPSA) is 46.2 Å². The van der Waals surface area contributed by atoms with Crippen molar-refractivity contribution >= 4 is 27.3 Å². The fraction of sp³-hybridized carbons (Fsp3) is 0.143. The Balaban J connectivity index is 2.55. The molecule has 11 heteroatoms. The Morgan fingerprint density at radius 2 is 1.64 bits per heavy atom. The lowest BCUT2D eigenvalue weighted by atomic mass is 10.2. The molecule has 1 N–H and O–H groups in total. The second-order valence-electron chi connectivity index (χ2n) is 4.89. The molecule has 25 heavy (non-hydrogen) atoms. The molecule has 3 nitrogen and oxygen atoms in total. The summed E-state index contributed by atoms with van der Waals surface area (Å²) in [5.74, 6) is -4.86. The zero-order valence-electron chi connectivity index (χ0n) is 12.2. The fourth-order valence-electron chi connectivity index (χ4n) is 1.86. The lowest BCUT2D eigenvalue weighted by molar-refractivity contribution is -0.137. The lowest BCUT2D eigenvalue weighted by Crippen LogP contribution is -2.17. The van der Waals surface area contributed by atoms with Crippen LogP contribution in [-0.2, 0) is 16.2 Å². The van der Waals surface area contributed by atoms with Crippen LogP contribution in [-0.4, -0.2) is 8.42 Å². The standard InChI is InChI=1S/C14H8ClF6NO2S/c1-6-10(16)9(15)13(12(18)11(6)17)22-25(23,24)8-4-2-3-7(5-8)14(19,20)21/h2-5,22H,1H3. The molecule has 0 spiro atoms. The predicted molar refractivity (Wildman–Crippen MR) is 78.3 cm³/mol. The van der Waals surface area contributed by atoms with E-state index in [0.29, 0.717) is 6.07 Å². The third kappa shape index (κ3) is 3.69. The number of benzene rings is 2. The highest BCUT2D eigenvalue weighted by molar-refractivity contribution is 7.92. The van der Waals surface area contributed by atoms with E-state index in [1.165, 1.54) is 4.72 Å². The van der Waals surface area contributed by atoms with E-state index < -0.39 is 60.4 Å². The van der Waals surface area contributed by atoms with Crippen LogP contribution in [0.2, 0.25) is 5.02 Å². The Labute approximate surface area is 143 Å². The highest BCUT2D eigenvalue weighted by atomic mass is 35.5. The normalized spacial score (nSPS) is 12.3. The van der Waals surface area contributed by atoms with Crippen LogP contribution in [0.4, 0.5) is 32.0 Å². The summed E-state index contributed by atoms with van der Waals surface area (Å²) in [4.78, 5) is -0.890. The first-order valence-corrected chi connectivity index (χ1v) is 8.25. The molecular formula is C14H8ClF6NO2S. The van der Waals surface area contributed by atoms with Crippen molar-refractivity contribution in [3.8, 4) is 0 Å². The quantitative estimate of drug-likeness (QED) is 0.586. The first-order chi connectivity index (χ1) is 11.4. The molecule has 0 unspecified atom stereocenters. The molecule has 0 heterocycles. The summed E-state index contributed by atoms with van der Waals surface area (Å²) in [6.45, 7) is 0.880. The Kier molecular flexibility index (Phi) is 4.97. The third-order valence-electron chi connectivity index (χ3n) is 3.19. The fourth-order valence-corrected chi connectivity index (χ4v) is 3.31. The lowest BCUT2D eigenvalue weighted by Gasteiger charge is -2.14. The Bertz CT molecular complexity index is 914. The van der Waals surface area contributed by atoms with Crippen LogP contribution >= 0.6 is 11.6 Å². The monoisotopic (exact) mass is 403 g/mol. The first-order valence-electron chi connectivity index (χ1n) is 6.39. The largest absolute Gasteiger partial charge is 0.416 e. The summed E-state index contributed by atoms with van der Waals surface area (Å²) >= 11 is 5.48. The summed E-state index contributed by atoms with van der Waals surface area (Å²) in [5, 5.41) is -1.05. The molecule has 0 aromatic heterocycles. The van der Waals surface area contributed by atoms with Gasteiger partial charge in [-0.1, -0.05) is 17.7 Å². The van der Waals surface area contributed by atoms with Crippen LogP contribution in [0.5, 0.6) is 0 Å². The molecule has 0 amide bonds. The minimum atomic E-state index is -4.82. The molecule has 2 rings (SSSR count). The van der Waals surface area contributed by atoms with Gasteiger partial charge in [-0.25, -0.2) is 21.6 Å². The summed E-state index contributed by atoms with van der Waals surface area (Å²) in [7, 11) is -4.80. The molecule has 0 aliphatic carbocycles. The smallest absolute Gasteiger partial charge is 0.275 e. The average Bonchev–Trinajstić information content (AvgIpc) is 2.54. The number of rotatable bonds is 3. The van der Waals surface area contributed by atoms with E-state index in [2.05, 4.69) is 0 Å². The van der Waals surface area contributed by atoms with E-state index in [9.17, 15) is 34.8 Å². The number of sulfonamides is 1. The molecule has 2 aromatic rings. The highest BCUT2D eigenvalue weighted by Crippen LogP contribution is 2.35. The maximum Gasteiger partial charge on any atom is 0.416 e. The van der Waals surface area contributed by atoms with Crippen LogP contribution in [0.25, 0.3) is 0 Å². The van der Waals surface area contributed by atoms with E-state index in [4.69, 9.17) is 11.6 Å². The van der Waals surface area contributed by atoms with Gasteiger partial charge in [0.1, 0.15) is 16.5 Å². The zero-order chi connectivity index (χ0) is 19.2. The summed E-state index contributed by atoms with van der Waals surface area (Å²) in [6.07, 6.45) is -4.82. The van der Waals surface area contributed by atoms with Crippen LogP contribution in [0.3, 0.4) is 0 Å². The SMILES string of the molecule is Cc1c(F)c(F)c(NS(=O)(=O)c2cccc(C(F)(F)F)c2)c(Cl)c1F. The predicted octanol–water partition coefficient (Wildman–Crippen LogP) is 4.89. The molecule has 0 saturated heterocycles. The molecule has 0 radical (unpaired) electrons. The molecule has 0 atom stereocenters. The van der Waals surface area contributed by atoms with E-state index in [0.717, 1.165) is 19.1 Å². The number of anilines is 1. The van der Waals surface area contributed by atoms with Gasteiger partial charge in [-0.05, 0) is 25.1 Å². The van der Waals surface area contributed by atoms with E-state index >= 15 is 0 Å². The van der Waals surface area contributed by atoms with Gasteiger partial charge in [0.2, 0.25) is 0 Å². The summed E-state index contributed by atoms with van der Waals surface area (Å²) in [5.41, 5.74) is -3.28. The Hall–Kier alpha value is -1.94. The molecule has 0 aliphatic rings. The third-order valence-corrected chi connectivity index (χ3v) is 4.89. The van der Waals surface area contributed by atoms with Gasteiger partial charge in [0, 0.05) is 5.56 Å². The van der Waals surface area contributed by atoms with Crippen LogP contribution < -0.4 is 4.72 Å². The number of hydrogen-bond donors (Lipinski definition) is 1. The Morgan fingerprint density at radius 1 is 1.04 bits per heavy atom. The van der Waals surface area contributed by atoms with Crippen molar-refractivity contribution in [1.82, 2.24) is 0 Å². The van der Waals surface area contributed by atoms with Gasteiger partial charge in [-0.15, -0.1) is 0 Å². The average molecular weight is 404 g/mol. The zero-order valence-corrected chi connectivity index (χ0v) is 13.8. The minimum absolute atomic E-state index is 0.287. The van der Waals surface area contributed by atoms with Crippen molar-refractivity contribution < 1.29 is 34.8 Å². The van der Waals surface area contributed by atoms with Gasteiger partial charge in [-0.3, -0.25) is 4.72 Å². The molecule has 2 aromatic carbocycles. The number of halogens is 7. The second-order valence-corrected chi connectivity index (χ2v) is 6.95. The van der Waals surface area contributed by atoms with Crippen molar-refractivity contribution in [3.63, 3.8) is 0 Å².